The zero-order chi connectivity index (χ0) is 41.2. The van der Waals surface area contributed by atoms with Gasteiger partial charge < -0.3 is 5.32 Å². The van der Waals surface area contributed by atoms with Gasteiger partial charge in [-0.05, 0) is 127 Å². The van der Waals surface area contributed by atoms with Gasteiger partial charge in [0.25, 0.3) is 0 Å². The van der Waals surface area contributed by atoms with Crippen LogP contribution in [0, 0.1) is 5.92 Å². The van der Waals surface area contributed by atoms with E-state index in [2.05, 4.69) is 230 Å². The van der Waals surface area contributed by atoms with Crippen molar-refractivity contribution in [3.8, 4) is 33.4 Å². The van der Waals surface area contributed by atoms with Crippen LogP contribution in [0.5, 0.6) is 0 Å². The van der Waals surface area contributed by atoms with E-state index in [1.807, 2.05) is 0 Å². The van der Waals surface area contributed by atoms with Gasteiger partial charge in [-0.15, -0.1) is 0 Å². The molecule has 2 unspecified atom stereocenters. The first kappa shape index (κ1) is 37.4. The van der Waals surface area contributed by atoms with Gasteiger partial charge in [-0.3, -0.25) is 0 Å². The summed E-state index contributed by atoms with van der Waals surface area (Å²) in [6.45, 7) is 0. The van der Waals surface area contributed by atoms with E-state index in [0.717, 1.165) is 36.2 Å². The number of dihydropyridines is 1. The van der Waals surface area contributed by atoms with E-state index in [0.29, 0.717) is 5.92 Å². The molecule has 0 radical (unpaired) electrons. The van der Waals surface area contributed by atoms with Crippen LogP contribution in [0.15, 0.2) is 225 Å². The van der Waals surface area contributed by atoms with Gasteiger partial charge in [0.1, 0.15) is 0 Å². The van der Waals surface area contributed by atoms with E-state index in [1.54, 1.807) is 0 Å². The normalized spacial score (nSPS) is 17.2. The lowest BCUT2D eigenvalue weighted by molar-refractivity contribution is 0.530. The van der Waals surface area contributed by atoms with Crippen molar-refractivity contribution in [1.29, 1.82) is 0 Å². The van der Waals surface area contributed by atoms with Crippen molar-refractivity contribution in [3.63, 3.8) is 0 Å². The van der Waals surface area contributed by atoms with Gasteiger partial charge in [0.2, 0.25) is 0 Å². The summed E-state index contributed by atoms with van der Waals surface area (Å²) in [5.41, 5.74) is 17.8. The van der Waals surface area contributed by atoms with Crippen molar-refractivity contribution >= 4 is 44.1 Å². The average molecular weight is 795 g/mol. The van der Waals surface area contributed by atoms with Gasteiger partial charge in [0, 0.05) is 17.0 Å². The minimum absolute atomic E-state index is 0.118. The number of benzene rings is 7. The number of hydrogen-bond acceptors (Lipinski definition) is 2. The van der Waals surface area contributed by atoms with Crippen molar-refractivity contribution < 1.29 is 0 Å². The molecule has 296 valence electrons. The largest absolute Gasteiger partial charge is 0.378 e. The van der Waals surface area contributed by atoms with Gasteiger partial charge in [0.05, 0.1) is 17.3 Å². The maximum absolute atomic E-state index is 5.28. The zero-order valence-corrected chi connectivity index (χ0v) is 34.6. The molecular weight excluding hydrogens is 749 g/mol. The number of nitrogens with one attached hydrogen (secondary N) is 1. The fraction of sp³-hybridized carbons (Fsp3) is 0.0833. The molecule has 0 saturated carbocycles. The summed E-state index contributed by atoms with van der Waals surface area (Å²) in [4.78, 5) is 5.28. The van der Waals surface area contributed by atoms with Crippen LogP contribution < -0.4 is 5.32 Å². The Hall–Kier alpha value is -7.55. The number of allylic oxidation sites excluding steroid dienone is 9. The quantitative estimate of drug-likeness (QED) is 0.155. The van der Waals surface area contributed by atoms with Crippen molar-refractivity contribution in [2.24, 2.45) is 5.92 Å². The highest BCUT2D eigenvalue weighted by Crippen LogP contribution is 2.39. The van der Waals surface area contributed by atoms with E-state index in [1.165, 1.54) is 82.9 Å². The Morgan fingerprint density at radius 1 is 0.484 bits per heavy atom. The van der Waals surface area contributed by atoms with Gasteiger partial charge in [0.15, 0.2) is 0 Å². The second-order valence-electron chi connectivity index (χ2n) is 16.6. The molecule has 1 aliphatic heterocycles. The van der Waals surface area contributed by atoms with Gasteiger partial charge in [-0.2, -0.15) is 0 Å². The highest BCUT2D eigenvalue weighted by Gasteiger charge is 2.25. The Bertz CT molecular complexity index is 3150. The molecule has 2 aliphatic carbocycles. The number of aromatic nitrogens is 1. The van der Waals surface area contributed by atoms with Crippen LogP contribution in [-0.2, 0) is 0 Å². The molecule has 0 fully saturated rings. The summed E-state index contributed by atoms with van der Waals surface area (Å²) in [5.74, 6) is 0.306. The molecule has 11 rings (SSSR count). The molecule has 2 heteroatoms. The Kier molecular flexibility index (Phi) is 9.96. The van der Waals surface area contributed by atoms with E-state index in [-0.39, 0.29) is 6.04 Å². The van der Waals surface area contributed by atoms with Crippen molar-refractivity contribution in [2.75, 3.05) is 0 Å². The average Bonchev–Trinajstić information content (AvgIpc) is 3.37. The van der Waals surface area contributed by atoms with Crippen molar-refractivity contribution in [3.05, 3.63) is 247 Å². The van der Waals surface area contributed by atoms with Gasteiger partial charge >= 0.3 is 0 Å². The highest BCUT2D eigenvalue weighted by atomic mass is 14.9. The Balaban J connectivity index is 0.983. The summed E-state index contributed by atoms with van der Waals surface area (Å²) < 4.78 is 0. The van der Waals surface area contributed by atoms with Crippen LogP contribution >= 0.6 is 0 Å². The number of fused-ring (bicyclic) bond motifs is 3. The minimum atomic E-state index is 0.118. The first-order chi connectivity index (χ1) is 30.7. The third-order valence-electron chi connectivity index (χ3n) is 12.7. The lowest BCUT2D eigenvalue weighted by atomic mass is 9.84. The number of hydrogen-bond donors (Lipinski definition) is 1. The molecule has 3 aliphatic rings. The van der Waals surface area contributed by atoms with Crippen LogP contribution in [0.4, 0.5) is 0 Å². The van der Waals surface area contributed by atoms with Crippen LogP contribution in [0.2, 0.25) is 0 Å². The molecule has 1 aromatic heterocycles. The predicted octanol–water partition coefficient (Wildman–Crippen LogP) is 15.2. The molecule has 2 heterocycles. The van der Waals surface area contributed by atoms with E-state index in [9.17, 15) is 0 Å². The zero-order valence-electron chi connectivity index (χ0n) is 34.6. The van der Waals surface area contributed by atoms with E-state index in [4.69, 9.17) is 4.98 Å². The maximum Gasteiger partial charge on any atom is 0.0722 e. The SMILES string of the molecule is C1=CC(c2cc(-c3ccccc3)c3c(ccc4ccc(-c5cccc(C6=CC(C7C=CC(c8ccccc8)=CC7)NC(c7ccc(-c8ccccc8)cc7)=C6)c5)cc43)n2)=CCC1. The summed E-state index contributed by atoms with van der Waals surface area (Å²) in [5, 5.41) is 7.58. The molecule has 2 nitrogen and oxygen atoms in total. The first-order valence-electron chi connectivity index (χ1n) is 21.9. The van der Waals surface area contributed by atoms with E-state index < -0.39 is 0 Å². The lowest BCUT2D eigenvalue weighted by Crippen LogP contribution is -2.35. The summed E-state index contributed by atoms with van der Waals surface area (Å²) >= 11 is 0. The third-order valence-corrected chi connectivity index (χ3v) is 12.7. The van der Waals surface area contributed by atoms with Crippen molar-refractivity contribution in [1.82, 2.24) is 10.3 Å². The Labute approximate surface area is 364 Å². The van der Waals surface area contributed by atoms with Crippen molar-refractivity contribution in [2.45, 2.75) is 25.3 Å². The summed E-state index contributed by atoms with van der Waals surface area (Å²) in [6, 6.07) is 63.9. The predicted molar refractivity (Wildman–Crippen MR) is 263 cm³/mol. The molecule has 8 aromatic rings. The van der Waals surface area contributed by atoms with Gasteiger partial charge in [-0.1, -0.05) is 194 Å². The Morgan fingerprint density at radius 3 is 1.89 bits per heavy atom. The lowest BCUT2D eigenvalue weighted by Gasteiger charge is -2.31. The second-order valence-corrected chi connectivity index (χ2v) is 16.6. The fourth-order valence-electron chi connectivity index (χ4n) is 9.37. The molecule has 0 bridgehead atoms. The van der Waals surface area contributed by atoms with Crippen LogP contribution in [0.25, 0.3) is 77.5 Å². The van der Waals surface area contributed by atoms with Gasteiger partial charge in [-0.25, -0.2) is 4.98 Å². The molecule has 2 atom stereocenters. The fourth-order valence-corrected chi connectivity index (χ4v) is 9.37. The topological polar surface area (TPSA) is 24.9 Å². The maximum atomic E-state index is 5.28. The first-order valence-corrected chi connectivity index (χ1v) is 21.9. The second kappa shape index (κ2) is 16.5. The van der Waals surface area contributed by atoms with E-state index >= 15 is 0 Å². The number of nitrogens with zero attached hydrogens (tertiary/aromatic N) is 1. The monoisotopic (exact) mass is 794 g/mol. The standard InChI is InChI=1S/C60H46N2/c1-5-14-41(15-6-1)43-24-29-48(30-25-43)57-38-53(39-58(62-57)49-31-26-44(27-32-49)42-16-7-2-8-17-42)51-23-13-22-50(36-51)52-33-28-46-34-35-56-60(54(46)37-52)55(45-18-9-3-10-19-45)40-59(61-56)47-20-11-4-12-21-47/h1-3,5-11,13-31,33-40,49,58,62H,4,12,32H2. The molecule has 7 aromatic carbocycles. The summed E-state index contributed by atoms with van der Waals surface area (Å²) in [6.07, 6.45) is 21.8. The number of pyridine rings is 1. The Morgan fingerprint density at radius 2 is 1.15 bits per heavy atom. The molecule has 0 spiro atoms. The number of rotatable bonds is 8. The molecule has 1 N–H and O–H groups in total. The highest BCUT2D eigenvalue weighted by molar-refractivity contribution is 6.14. The van der Waals surface area contributed by atoms with Crippen LogP contribution in [0.3, 0.4) is 0 Å². The van der Waals surface area contributed by atoms with Crippen LogP contribution in [-0.4, -0.2) is 11.0 Å². The third kappa shape index (κ3) is 7.46. The smallest absolute Gasteiger partial charge is 0.0722 e. The summed E-state index contributed by atoms with van der Waals surface area (Å²) in [7, 11) is 0. The van der Waals surface area contributed by atoms with Crippen LogP contribution in [0.1, 0.15) is 41.6 Å². The molecule has 62 heavy (non-hydrogen) atoms. The molecule has 0 amide bonds. The molecular formula is C60H46N2. The minimum Gasteiger partial charge on any atom is -0.378 e. The molecule has 0 saturated heterocycles.